The molecule has 0 heterocycles. The highest BCUT2D eigenvalue weighted by Gasteiger charge is 2.06. The van der Waals surface area contributed by atoms with Gasteiger partial charge in [-0.15, -0.1) is 0 Å². The van der Waals surface area contributed by atoms with Crippen molar-refractivity contribution in [3.05, 3.63) is 29.8 Å². The second kappa shape index (κ2) is 3.37. The Morgan fingerprint density at radius 2 is 2.00 bits per heavy atom. The average Bonchev–Trinajstić information content (AvgIpc) is 2.04. The number of para-hydroxylation sites is 1. The van der Waals surface area contributed by atoms with Crippen LogP contribution in [-0.4, -0.2) is 11.7 Å². The summed E-state index contributed by atoms with van der Waals surface area (Å²) in [4.78, 5) is 0. The minimum Gasteiger partial charge on any atom is -0.508 e. The molecular weight excluding hydrogens is 140 g/mol. The monoisotopic (exact) mass is 152 g/mol. The van der Waals surface area contributed by atoms with Crippen LogP contribution in [0, 0.1) is 0 Å². The molecule has 0 fully saturated rings. The largest absolute Gasteiger partial charge is 0.508 e. The smallest absolute Gasteiger partial charge is 0.120 e. The van der Waals surface area contributed by atoms with Gasteiger partial charge in [0.2, 0.25) is 0 Å². The minimum absolute atomic E-state index is 0.213. The van der Waals surface area contributed by atoms with Crippen molar-refractivity contribution in [3.8, 4) is 5.75 Å². The van der Waals surface area contributed by atoms with E-state index in [0.717, 1.165) is 0 Å². The summed E-state index contributed by atoms with van der Waals surface area (Å²) in [6.45, 7) is 0.345. The third-order valence-electron chi connectivity index (χ3n) is 1.59. The molecule has 0 amide bonds. The van der Waals surface area contributed by atoms with Gasteiger partial charge < -0.3 is 16.6 Å². The van der Waals surface area contributed by atoms with Crippen LogP contribution in [0.3, 0.4) is 0 Å². The van der Waals surface area contributed by atoms with Gasteiger partial charge in [-0.3, -0.25) is 0 Å². The van der Waals surface area contributed by atoms with Gasteiger partial charge in [-0.05, 0) is 6.07 Å². The van der Waals surface area contributed by atoms with Gasteiger partial charge in [0.15, 0.2) is 0 Å². The Morgan fingerprint density at radius 3 is 2.55 bits per heavy atom. The molecule has 0 aliphatic heterocycles. The molecule has 0 aliphatic rings. The number of hydrogen-bond acceptors (Lipinski definition) is 3. The molecular formula is C8H12N2O. The van der Waals surface area contributed by atoms with Crippen LogP contribution in [0.1, 0.15) is 11.6 Å². The molecule has 0 saturated heterocycles. The van der Waals surface area contributed by atoms with Gasteiger partial charge in [-0.1, -0.05) is 18.2 Å². The van der Waals surface area contributed by atoms with Crippen LogP contribution in [0.5, 0.6) is 5.75 Å². The molecule has 1 aromatic carbocycles. The van der Waals surface area contributed by atoms with E-state index >= 15 is 0 Å². The Kier molecular flexibility index (Phi) is 2.46. The van der Waals surface area contributed by atoms with Crippen LogP contribution in [0.25, 0.3) is 0 Å². The molecule has 0 aromatic heterocycles. The molecule has 11 heavy (non-hydrogen) atoms. The first-order chi connectivity index (χ1) is 5.25. The van der Waals surface area contributed by atoms with E-state index < -0.39 is 0 Å². The molecule has 3 heteroatoms. The van der Waals surface area contributed by atoms with E-state index in [-0.39, 0.29) is 11.8 Å². The fraction of sp³-hybridized carbons (Fsp3) is 0.250. The van der Waals surface area contributed by atoms with E-state index in [4.69, 9.17) is 11.5 Å². The molecule has 0 bridgehead atoms. The van der Waals surface area contributed by atoms with E-state index in [0.29, 0.717) is 12.1 Å². The molecule has 0 radical (unpaired) electrons. The van der Waals surface area contributed by atoms with E-state index in [1.807, 2.05) is 6.07 Å². The molecule has 1 aromatic rings. The van der Waals surface area contributed by atoms with E-state index in [2.05, 4.69) is 0 Å². The molecule has 1 atom stereocenters. The Morgan fingerprint density at radius 1 is 1.36 bits per heavy atom. The number of phenolic OH excluding ortho intramolecular Hbond substituents is 1. The SMILES string of the molecule is NC[C@H](N)c1ccccc1O. The maximum Gasteiger partial charge on any atom is 0.120 e. The summed E-state index contributed by atoms with van der Waals surface area (Å²) in [6.07, 6.45) is 0. The van der Waals surface area contributed by atoms with Gasteiger partial charge in [0.1, 0.15) is 5.75 Å². The first kappa shape index (κ1) is 8.04. The molecule has 5 N–H and O–H groups in total. The molecule has 0 saturated carbocycles. The molecule has 0 unspecified atom stereocenters. The lowest BCUT2D eigenvalue weighted by Gasteiger charge is -2.09. The fourth-order valence-electron chi connectivity index (χ4n) is 0.928. The lowest BCUT2D eigenvalue weighted by molar-refractivity contribution is 0.462. The van der Waals surface area contributed by atoms with Gasteiger partial charge >= 0.3 is 0 Å². The second-order valence-corrected chi connectivity index (χ2v) is 2.40. The number of phenols is 1. The number of nitrogens with two attached hydrogens (primary N) is 2. The zero-order valence-corrected chi connectivity index (χ0v) is 6.20. The minimum atomic E-state index is -0.267. The van der Waals surface area contributed by atoms with Gasteiger partial charge in [-0.2, -0.15) is 0 Å². The lowest BCUT2D eigenvalue weighted by atomic mass is 10.1. The van der Waals surface area contributed by atoms with Crippen LogP contribution in [-0.2, 0) is 0 Å². The van der Waals surface area contributed by atoms with Gasteiger partial charge in [-0.25, -0.2) is 0 Å². The summed E-state index contributed by atoms with van der Waals surface area (Å²) in [6, 6.07) is 6.68. The highest BCUT2D eigenvalue weighted by Crippen LogP contribution is 2.20. The molecule has 1 rings (SSSR count). The zero-order valence-electron chi connectivity index (χ0n) is 6.20. The Hall–Kier alpha value is -1.06. The standard InChI is InChI=1S/C8H12N2O/c9-5-7(10)6-3-1-2-4-8(6)11/h1-4,7,11H,5,9-10H2/t7-/m0/s1. The summed E-state index contributed by atoms with van der Waals surface area (Å²) in [5.74, 6) is 0.213. The highest BCUT2D eigenvalue weighted by atomic mass is 16.3. The Bertz CT molecular complexity index is 237. The summed E-state index contributed by atoms with van der Waals surface area (Å²) in [5, 5.41) is 9.28. The number of rotatable bonds is 2. The molecule has 60 valence electrons. The summed E-state index contributed by atoms with van der Waals surface area (Å²) < 4.78 is 0. The summed E-state index contributed by atoms with van der Waals surface area (Å²) >= 11 is 0. The maximum atomic E-state index is 9.28. The van der Waals surface area contributed by atoms with Crippen LogP contribution < -0.4 is 11.5 Å². The Balaban J connectivity index is 2.93. The molecule has 0 spiro atoms. The van der Waals surface area contributed by atoms with Gasteiger partial charge in [0.05, 0.1) is 0 Å². The topological polar surface area (TPSA) is 72.3 Å². The van der Waals surface area contributed by atoms with Gasteiger partial charge in [0.25, 0.3) is 0 Å². The third-order valence-corrected chi connectivity index (χ3v) is 1.59. The highest BCUT2D eigenvalue weighted by molar-refractivity contribution is 5.34. The fourth-order valence-corrected chi connectivity index (χ4v) is 0.928. The summed E-state index contributed by atoms with van der Waals surface area (Å²) in [5.41, 5.74) is 11.7. The van der Waals surface area contributed by atoms with Crippen LogP contribution in [0.4, 0.5) is 0 Å². The average molecular weight is 152 g/mol. The first-order valence-electron chi connectivity index (χ1n) is 3.49. The van der Waals surface area contributed by atoms with Crippen molar-refractivity contribution < 1.29 is 5.11 Å². The lowest BCUT2D eigenvalue weighted by Crippen LogP contribution is -2.20. The molecule has 3 nitrogen and oxygen atoms in total. The van der Waals surface area contributed by atoms with Crippen molar-refractivity contribution in [3.63, 3.8) is 0 Å². The van der Waals surface area contributed by atoms with Crippen molar-refractivity contribution >= 4 is 0 Å². The van der Waals surface area contributed by atoms with E-state index in [1.165, 1.54) is 0 Å². The van der Waals surface area contributed by atoms with Crippen LogP contribution in [0.15, 0.2) is 24.3 Å². The third kappa shape index (κ3) is 1.69. The second-order valence-electron chi connectivity index (χ2n) is 2.40. The quantitative estimate of drug-likeness (QED) is 0.572. The normalized spacial score (nSPS) is 12.9. The zero-order chi connectivity index (χ0) is 8.27. The van der Waals surface area contributed by atoms with Crippen LogP contribution in [0.2, 0.25) is 0 Å². The van der Waals surface area contributed by atoms with Gasteiger partial charge in [0, 0.05) is 18.2 Å². The Labute approximate surface area is 65.6 Å². The van der Waals surface area contributed by atoms with Crippen molar-refractivity contribution in [2.75, 3.05) is 6.54 Å². The van der Waals surface area contributed by atoms with Crippen molar-refractivity contribution in [1.29, 1.82) is 0 Å². The van der Waals surface area contributed by atoms with Crippen molar-refractivity contribution in [1.82, 2.24) is 0 Å². The summed E-state index contributed by atoms with van der Waals surface area (Å²) in [7, 11) is 0. The van der Waals surface area contributed by atoms with E-state index in [9.17, 15) is 5.11 Å². The number of hydrogen-bond donors (Lipinski definition) is 3. The van der Waals surface area contributed by atoms with E-state index in [1.54, 1.807) is 18.2 Å². The predicted octanol–water partition coefficient (Wildman–Crippen LogP) is 0.351. The number of aromatic hydroxyl groups is 1. The van der Waals surface area contributed by atoms with Crippen LogP contribution >= 0.6 is 0 Å². The van der Waals surface area contributed by atoms with Crippen molar-refractivity contribution in [2.45, 2.75) is 6.04 Å². The predicted molar refractivity (Wildman–Crippen MR) is 44.1 cm³/mol. The number of benzene rings is 1. The maximum absolute atomic E-state index is 9.28. The first-order valence-corrected chi connectivity index (χ1v) is 3.49. The van der Waals surface area contributed by atoms with Crippen molar-refractivity contribution in [2.24, 2.45) is 11.5 Å². The molecule has 0 aliphatic carbocycles.